The van der Waals surface area contributed by atoms with Gasteiger partial charge in [-0.1, -0.05) is 33.1 Å². The second-order valence-electron chi connectivity index (χ2n) is 9.09. The average molecular weight is 342 g/mol. The van der Waals surface area contributed by atoms with Gasteiger partial charge in [0.1, 0.15) is 17.4 Å². The van der Waals surface area contributed by atoms with Crippen LogP contribution < -0.4 is 0 Å². The largest absolute Gasteiger partial charge is 0.492 e. The van der Waals surface area contributed by atoms with Crippen LogP contribution >= 0.6 is 6.92 Å². The van der Waals surface area contributed by atoms with E-state index in [1.54, 1.807) is 0 Å². The molecule has 2 bridgehead atoms. The summed E-state index contributed by atoms with van der Waals surface area (Å²) < 4.78 is 13.3. The normalized spacial score (nSPS) is 52.0. The van der Waals surface area contributed by atoms with Crippen LogP contribution in [0.1, 0.15) is 72.6 Å². The maximum atomic E-state index is 6.74. The van der Waals surface area contributed by atoms with Crippen molar-refractivity contribution in [3.05, 3.63) is 0 Å². The molecule has 4 saturated carbocycles. The lowest BCUT2D eigenvalue weighted by Gasteiger charge is -2.62. The average Bonchev–Trinajstić information content (AvgIpc) is 2.78. The van der Waals surface area contributed by atoms with E-state index in [-0.39, 0.29) is 11.7 Å². The van der Waals surface area contributed by atoms with Crippen LogP contribution in [0.2, 0.25) is 0 Å². The van der Waals surface area contributed by atoms with Crippen molar-refractivity contribution in [1.29, 1.82) is 0 Å². The smallest absolute Gasteiger partial charge is 0.164 e. The van der Waals surface area contributed by atoms with Gasteiger partial charge in [-0.25, -0.2) is 9.05 Å². The van der Waals surface area contributed by atoms with Gasteiger partial charge in [0.2, 0.25) is 0 Å². The molecule has 0 aromatic heterocycles. The van der Waals surface area contributed by atoms with Crippen molar-refractivity contribution in [2.24, 2.45) is 23.2 Å². The van der Waals surface area contributed by atoms with E-state index in [0.717, 1.165) is 18.3 Å². The summed E-state index contributed by atoms with van der Waals surface area (Å²) in [5.74, 6) is 2.17. The van der Waals surface area contributed by atoms with E-state index >= 15 is 0 Å². The van der Waals surface area contributed by atoms with Crippen molar-refractivity contribution in [2.75, 3.05) is 0 Å². The zero-order valence-electron chi connectivity index (χ0n) is 14.5. The summed E-state index contributed by atoms with van der Waals surface area (Å²) in [6.07, 6.45) is 9.52. The van der Waals surface area contributed by atoms with Gasteiger partial charge in [-0.15, -0.1) is 0 Å². The topological polar surface area (TPSA) is 18.5 Å². The van der Waals surface area contributed by atoms with E-state index in [2.05, 4.69) is 27.7 Å². The molecule has 6 atom stereocenters. The van der Waals surface area contributed by atoms with Crippen LogP contribution in [0.15, 0.2) is 0 Å². The van der Waals surface area contributed by atoms with Crippen molar-refractivity contribution < 1.29 is 9.05 Å². The third-order valence-electron chi connectivity index (χ3n) is 7.73. The van der Waals surface area contributed by atoms with Crippen LogP contribution in [0.3, 0.4) is 0 Å². The summed E-state index contributed by atoms with van der Waals surface area (Å²) in [6, 6.07) is 0. The van der Waals surface area contributed by atoms with E-state index in [1.807, 2.05) is 0 Å². The molecule has 0 aromatic carbocycles. The third kappa shape index (κ3) is 2.11. The van der Waals surface area contributed by atoms with Gasteiger partial charge in [0.25, 0.3) is 0 Å². The summed E-state index contributed by atoms with van der Waals surface area (Å²) >= 11 is 6.07. The molecule has 5 aliphatic rings. The van der Waals surface area contributed by atoms with Gasteiger partial charge in [-0.2, -0.15) is 0 Å². The second-order valence-corrected chi connectivity index (χ2v) is 12.9. The first-order chi connectivity index (χ1) is 10.3. The number of rotatable bonds is 2. The fourth-order valence-corrected chi connectivity index (χ4v) is 9.87. The van der Waals surface area contributed by atoms with E-state index in [1.165, 1.54) is 38.5 Å². The molecule has 2 unspecified atom stereocenters. The first-order valence-corrected chi connectivity index (χ1v) is 12.0. The molecule has 4 aliphatic carbocycles. The van der Waals surface area contributed by atoms with Crippen LogP contribution in [-0.2, 0) is 21.3 Å². The van der Waals surface area contributed by atoms with Crippen LogP contribution in [0, 0.1) is 23.2 Å². The standard InChI is InChI=1S/C18H31O2PS/c1-12(13-8-6-5-7-9-13)21(22)19-16-11-14-10-15(17(14,2)3)18(16,4)20-21/h12-16H,5-11H2,1-4H3/t12?,14-,15-,16+,18-,21?/m1/s1. The minimum absolute atomic E-state index is 0.114. The Morgan fingerprint density at radius 1 is 1.09 bits per heavy atom. The van der Waals surface area contributed by atoms with E-state index in [0.29, 0.717) is 17.0 Å². The number of hydrogen-bond donors (Lipinski definition) is 0. The predicted octanol–water partition coefficient (Wildman–Crippen LogP) is 5.50. The Morgan fingerprint density at radius 2 is 1.77 bits per heavy atom. The highest BCUT2D eigenvalue weighted by atomic mass is 32.7. The van der Waals surface area contributed by atoms with Crippen LogP contribution in [0.4, 0.5) is 0 Å². The van der Waals surface area contributed by atoms with Crippen LogP contribution in [-0.4, -0.2) is 17.4 Å². The molecule has 1 saturated heterocycles. The van der Waals surface area contributed by atoms with Crippen molar-refractivity contribution in [3.8, 4) is 0 Å². The summed E-state index contributed by atoms with van der Waals surface area (Å²) in [5, 5.41) is 0. The van der Waals surface area contributed by atoms with Crippen molar-refractivity contribution >= 4 is 19.2 Å². The predicted molar refractivity (Wildman–Crippen MR) is 94.7 cm³/mol. The summed E-state index contributed by atoms with van der Waals surface area (Å²) in [7, 11) is 0. The molecule has 0 radical (unpaired) electrons. The maximum absolute atomic E-state index is 6.74. The van der Waals surface area contributed by atoms with Crippen molar-refractivity contribution in [1.82, 2.24) is 0 Å². The van der Waals surface area contributed by atoms with Crippen molar-refractivity contribution in [3.63, 3.8) is 0 Å². The van der Waals surface area contributed by atoms with Gasteiger partial charge in [-0.3, -0.25) is 0 Å². The van der Waals surface area contributed by atoms with Gasteiger partial charge >= 0.3 is 0 Å². The molecule has 126 valence electrons. The molecule has 1 heterocycles. The van der Waals surface area contributed by atoms with Gasteiger partial charge in [0, 0.05) is 5.92 Å². The Balaban J connectivity index is 1.55. The Morgan fingerprint density at radius 3 is 2.41 bits per heavy atom. The highest BCUT2D eigenvalue weighted by Crippen LogP contribution is 2.79. The molecular formula is C18H31O2PS. The van der Waals surface area contributed by atoms with Crippen LogP contribution in [0.25, 0.3) is 0 Å². The van der Waals surface area contributed by atoms with E-state index in [9.17, 15) is 0 Å². The first-order valence-electron chi connectivity index (χ1n) is 9.26. The minimum Gasteiger partial charge on any atom is -0.492 e. The Kier molecular flexibility index (Phi) is 3.75. The monoisotopic (exact) mass is 342 g/mol. The van der Waals surface area contributed by atoms with Crippen LogP contribution in [0.5, 0.6) is 0 Å². The van der Waals surface area contributed by atoms with E-state index < -0.39 is 6.92 Å². The molecule has 4 heteroatoms. The second kappa shape index (κ2) is 5.10. The summed E-state index contributed by atoms with van der Waals surface area (Å²) in [4.78, 5) is 0. The molecule has 5 fully saturated rings. The highest BCUT2D eigenvalue weighted by molar-refractivity contribution is 8.38. The lowest BCUT2D eigenvalue weighted by molar-refractivity contribution is -0.199. The zero-order valence-corrected chi connectivity index (χ0v) is 16.2. The zero-order chi connectivity index (χ0) is 15.8. The molecule has 0 N–H and O–H groups in total. The molecule has 0 spiro atoms. The lowest BCUT2D eigenvalue weighted by atomic mass is 9.43. The van der Waals surface area contributed by atoms with E-state index in [4.69, 9.17) is 21.3 Å². The fourth-order valence-electron chi connectivity index (χ4n) is 5.90. The minimum atomic E-state index is -2.13. The Labute approximate surface area is 141 Å². The van der Waals surface area contributed by atoms with Gasteiger partial charge in [0.15, 0.2) is 6.92 Å². The molecule has 5 rings (SSSR count). The van der Waals surface area contributed by atoms with Gasteiger partial charge < -0.3 is 12.2 Å². The quantitative estimate of drug-likeness (QED) is 0.487. The maximum Gasteiger partial charge on any atom is 0.164 e. The molecule has 2 nitrogen and oxygen atoms in total. The summed E-state index contributed by atoms with van der Waals surface area (Å²) in [6.45, 7) is 7.34. The number of hydrogen-bond acceptors (Lipinski definition) is 3. The Hall–Kier alpha value is 0.700. The Bertz CT molecular complexity index is 464. The van der Waals surface area contributed by atoms with Crippen molar-refractivity contribution in [2.45, 2.75) is 90.0 Å². The first kappa shape index (κ1) is 16.2. The van der Waals surface area contributed by atoms with Gasteiger partial charge in [-0.05, 0) is 56.8 Å². The molecular weight excluding hydrogens is 311 g/mol. The molecule has 22 heavy (non-hydrogen) atoms. The highest BCUT2D eigenvalue weighted by Gasteiger charge is 2.72. The molecule has 0 amide bonds. The molecule has 0 aromatic rings. The molecule has 1 aliphatic heterocycles. The fraction of sp³-hybridized carbons (Fsp3) is 1.00. The third-order valence-corrected chi connectivity index (χ3v) is 11.8. The summed E-state index contributed by atoms with van der Waals surface area (Å²) in [5.41, 5.74) is 0.731. The van der Waals surface area contributed by atoms with Gasteiger partial charge in [0.05, 0.1) is 0 Å². The lowest BCUT2D eigenvalue weighted by Crippen LogP contribution is -2.65. The SMILES string of the molecule is CC(C1CCCCC1)[P+]1([S-])O[C@H]2C[C@H]3C[C@H](C3(C)C)[C@@]2(C)O1.